The summed E-state index contributed by atoms with van der Waals surface area (Å²) in [6, 6.07) is 29.1. The topological polar surface area (TPSA) is 44.5 Å². The number of rotatable bonds is 5. The first kappa shape index (κ1) is 31.2. The fourth-order valence-corrected chi connectivity index (χ4v) is 6.85. The first-order valence-electron chi connectivity index (χ1n) is 16.0. The van der Waals surface area contributed by atoms with Crippen LogP contribution in [0.1, 0.15) is 83.8 Å². The molecule has 0 amide bonds. The molecular weight excluding hydrogens is 566 g/mol. The molecule has 4 aromatic rings. The molecule has 5 nitrogen and oxygen atoms in total. The van der Waals surface area contributed by atoms with Gasteiger partial charge in [-0.2, -0.15) is 4.57 Å². The van der Waals surface area contributed by atoms with E-state index in [2.05, 4.69) is 115 Å². The Kier molecular flexibility index (Phi) is 7.84. The third-order valence-electron chi connectivity index (χ3n) is 9.48. The minimum atomic E-state index is -0.435. The molecule has 1 aromatic heterocycles. The maximum Gasteiger partial charge on any atom is 0.226 e. The van der Waals surface area contributed by atoms with Gasteiger partial charge in [-0.25, -0.2) is 0 Å². The molecule has 2 aliphatic carbocycles. The second-order valence-electron chi connectivity index (χ2n) is 14.4. The number of fused-ring (bicyclic) bond motifs is 2. The van der Waals surface area contributed by atoms with Crippen molar-refractivity contribution in [3.63, 3.8) is 0 Å². The summed E-state index contributed by atoms with van der Waals surface area (Å²) in [5.74, 6) is 0.130. The average Bonchev–Trinajstić information content (AvgIpc) is 3.01. The van der Waals surface area contributed by atoms with Gasteiger partial charge in [-0.1, -0.05) is 70.2 Å². The molecule has 0 atom stereocenters. The van der Waals surface area contributed by atoms with E-state index in [1.165, 1.54) is 0 Å². The zero-order valence-electron chi connectivity index (χ0n) is 28.3. The Morgan fingerprint density at radius 3 is 1.35 bits per heavy atom. The number of carbonyl (C=O) groups is 2. The standard InChI is InChI=1S/C41H44N3O2/c1-40(2)25-36(45)32-24-33-37(46)26-41(3,4)35(23-28-16-20-30(21-17-28)43(7)8)39(33)44(31-12-10-9-11-13-31)38(32)34(40)22-27-14-18-29(19-15-27)42(5)6/h9-24H,25-26H2,1-8H3/q+1. The van der Waals surface area contributed by atoms with Crippen molar-refractivity contribution in [3.8, 4) is 5.69 Å². The van der Waals surface area contributed by atoms with Crippen LogP contribution in [0.15, 0.2) is 84.9 Å². The Hall–Kier alpha value is -4.77. The largest absolute Gasteiger partial charge is 0.378 e. The molecule has 5 heteroatoms. The monoisotopic (exact) mass is 610 g/mol. The molecule has 0 unspecified atom stereocenters. The lowest BCUT2D eigenvalue weighted by Gasteiger charge is -2.36. The predicted octanol–water partition coefficient (Wildman–Crippen LogP) is 8.40. The van der Waals surface area contributed by atoms with Crippen LogP contribution in [0.2, 0.25) is 0 Å². The summed E-state index contributed by atoms with van der Waals surface area (Å²) in [7, 11) is 8.15. The van der Waals surface area contributed by atoms with E-state index in [1.807, 2.05) is 52.5 Å². The number of hydrogen-bond donors (Lipinski definition) is 0. The predicted molar refractivity (Wildman–Crippen MR) is 191 cm³/mol. The Morgan fingerprint density at radius 1 is 0.587 bits per heavy atom. The average molecular weight is 611 g/mol. The summed E-state index contributed by atoms with van der Waals surface area (Å²) in [5.41, 5.74) is 9.56. The second-order valence-corrected chi connectivity index (χ2v) is 14.4. The van der Waals surface area contributed by atoms with Crippen molar-refractivity contribution in [1.29, 1.82) is 0 Å². The van der Waals surface area contributed by atoms with Gasteiger partial charge in [0.1, 0.15) is 0 Å². The van der Waals surface area contributed by atoms with Crippen molar-refractivity contribution in [1.82, 2.24) is 0 Å². The zero-order chi connectivity index (χ0) is 33.0. The minimum absolute atomic E-state index is 0.0648. The Labute approximate surface area is 273 Å². The van der Waals surface area contributed by atoms with Gasteiger partial charge in [-0.15, -0.1) is 0 Å². The fraction of sp³-hybridized carbons (Fsp3) is 0.293. The Bertz CT molecular complexity index is 1770. The molecule has 0 N–H and O–H groups in total. The summed E-state index contributed by atoms with van der Waals surface area (Å²) < 4.78 is 2.21. The van der Waals surface area contributed by atoms with E-state index in [4.69, 9.17) is 0 Å². The first-order valence-corrected chi connectivity index (χ1v) is 16.0. The number of Topliss-reactive ketones (excluding diaryl/α,β-unsaturated/α-hetero) is 2. The van der Waals surface area contributed by atoms with Crippen LogP contribution < -0.4 is 14.4 Å². The Morgan fingerprint density at radius 2 is 0.978 bits per heavy atom. The van der Waals surface area contributed by atoms with Crippen molar-refractivity contribution in [2.45, 2.75) is 40.5 Å². The van der Waals surface area contributed by atoms with Gasteiger partial charge < -0.3 is 9.80 Å². The summed E-state index contributed by atoms with van der Waals surface area (Å²) in [6.45, 7) is 8.61. The van der Waals surface area contributed by atoms with Crippen molar-refractivity contribution in [3.05, 3.63) is 119 Å². The highest BCUT2D eigenvalue weighted by Crippen LogP contribution is 2.49. The van der Waals surface area contributed by atoms with Crippen LogP contribution in [-0.2, 0) is 0 Å². The number of anilines is 2. The number of para-hydroxylation sites is 1. The quantitative estimate of drug-likeness (QED) is 0.213. The van der Waals surface area contributed by atoms with Crippen molar-refractivity contribution in [2.24, 2.45) is 10.8 Å². The van der Waals surface area contributed by atoms with Gasteiger partial charge in [-0.3, -0.25) is 9.59 Å². The number of carbonyl (C=O) groups excluding carboxylic acids is 2. The van der Waals surface area contributed by atoms with Crippen LogP contribution in [0.25, 0.3) is 29.0 Å². The van der Waals surface area contributed by atoms with E-state index in [1.54, 1.807) is 0 Å². The van der Waals surface area contributed by atoms with E-state index in [0.29, 0.717) is 24.0 Å². The molecule has 0 saturated carbocycles. The summed E-state index contributed by atoms with van der Waals surface area (Å²) >= 11 is 0. The lowest BCUT2D eigenvalue weighted by atomic mass is 9.67. The third kappa shape index (κ3) is 5.60. The van der Waals surface area contributed by atoms with Crippen LogP contribution >= 0.6 is 0 Å². The molecule has 0 fully saturated rings. The maximum atomic E-state index is 14.0. The maximum absolute atomic E-state index is 14.0. The second kappa shape index (κ2) is 11.5. The number of benzene rings is 3. The molecule has 0 radical (unpaired) electrons. The van der Waals surface area contributed by atoms with E-state index in [-0.39, 0.29) is 11.6 Å². The van der Waals surface area contributed by atoms with E-state index >= 15 is 0 Å². The minimum Gasteiger partial charge on any atom is -0.378 e. The van der Waals surface area contributed by atoms with Crippen LogP contribution in [0.4, 0.5) is 11.4 Å². The van der Waals surface area contributed by atoms with Gasteiger partial charge in [0.25, 0.3) is 0 Å². The molecule has 2 aliphatic rings. The van der Waals surface area contributed by atoms with Crippen molar-refractivity contribution < 1.29 is 14.2 Å². The van der Waals surface area contributed by atoms with Gasteiger partial charge in [0, 0.05) is 86.5 Å². The molecule has 0 saturated heterocycles. The lowest BCUT2D eigenvalue weighted by Crippen LogP contribution is -2.49. The fourth-order valence-electron chi connectivity index (χ4n) is 6.85. The summed E-state index contributed by atoms with van der Waals surface area (Å²) in [5, 5.41) is 0. The molecule has 234 valence electrons. The third-order valence-corrected chi connectivity index (χ3v) is 9.48. The van der Waals surface area contributed by atoms with E-state index in [0.717, 1.165) is 50.7 Å². The first-order chi connectivity index (χ1) is 21.8. The summed E-state index contributed by atoms with van der Waals surface area (Å²) in [4.78, 5) is 32.2. The molecular formula is C41H44N3O2+. The van der Waals surface area contributed by atoms with Crippen LogP contribution in [0.5, 0.6) is 0 Å². The number of allylic oxidation sites excluding steroid dienone is 2. The molecule has 0 spiro atoms. The van der Waals surface area contributed by atoms with Crippen molar-refractivity contribution >= 4 is 46.2 Å². The highest BCUT2D eigenvalue weighted by atomic mass is 16.1. The molecule has 3 aromatic carbocycles. The SMILES string of the molecule is CN(C)c1ccc(C=C2c3c(cc4c([n+]3-c3ccccc3)/C(=C/c3ccc(N(C)C)cc3)C(C)(C)CC4=O)C(=O)CC2(C)C)cc1. The Balaban J connectivity index is 1.70. The molecule has 0 aliphatic heterocycles. The highest BCUT2D eigenvalue weighted by Gasteiger charge is 2.48. The number of hydrogen-bond acceptors (Lipinski definition) is 4. The zero-order valence-corrected chi connectivity index (χ0v) is 28.3. The number of aromatic nitrogens is 1. The number of pyridine rings is 1. The van der Waals surface area contributed by atoms with Crippen LogP contribution in [0.3, 0.4) is 0 Å². The van der Waals surface area contributed by atoms with Gasteiger partial charge in [-0.05, 0) is 53.6 Å². The smallest absolute Gasteiger partial charge is 0.226 e. The number of ketones is 2. The highest BCUT2D eigenvalue weighted by molar-refractivity contribution is 6.11. The summed E-state index contributed by atoms with van der Waals surface area (Å²) in [6.07, 6.45) is 5.21. The van der Waals surface area contributed by atoms with E-state index < -0.39 is 10.8 Å². The molecule has 0 bridgehead atoms. The van der Waals surface area contributed by atoms with E-state index in [9.17, 15) is 9.59 Å². The normalized spacial score (nSPS) is 18.3. The van der Waals surface area contributed by atoms with Crippen LogP contribution in [-0.4, -0.2) is 39.8 Å². The molecule has 46 heavy (non-hydrogen) atoms. The molecule has 1 heterocycles. The van der Waals surface area contributed by atoms with Crippen molar-refractivity contribution in [2.75, 3.05) is 38.0 Å². The van der Waals surface area contributed by atoms with Gasteiger partial charge in [0.05, 0.1) is 11.1 Å². The van der Waals surface area contributed by atoms with Crippen LogP contribution in [0, 0.1) is 10.8 Å². The van der Waals surface area contributed by atoms with Gasteiger partial charge in [0.2, 0.25) is 17.1 Å². The van der Waals surface area contributed by atoms with Gasteiger partial charge >= 0.3 is 0 Å². The number of nitrogens with zero attached hydrogens (tertiary/aromatic N) is 3. The lowest BCUT2D eigenvalue weighted by molar-refractivity contribution is -0.602. The molecule has 6 rings (SSSR count). The van der Waals surface area contributed by atoms with Gasteiger partial charge in [0.15, 0.2) is 11.6 Å².